The van der Waals surface area contributed by atoms with Crippen molar-refractivity contribution in [1.82, 2.24) is 4.90 Å². The van der Waals surface area contributed by atoms with Gasteiger partial charge in [0.05, 0.1) is 5.56 Å². The molecular weight excluding hydrogens is 284 g/mol. The van der Waals surface area contributed by atoms with Crippen molar-refractivity contribution < 1.29 is 4.79 Å². The molecule has 0 fully saturated rings. The Morgan fingerprint density at radius 2 is 1.67 bits per heavy atom. The first-order valence-corrected chi connectivity index (χ1v) is 8.03. The van der Waals surface area contributed by atoms with Crippen LogP contribution in [-0.4, -0.2) is 23.9 Å². The van der Waals surface area contributed by atoms with E-state index in [2.05, 4.69) is 27.7 Å². The van der Waals surface area contributed by atoms with Gasteiger partial charge >= 0.3 is 0 Å². The summed E-state index contributed by atoms with van der Waals surface area (Å²) in [7, 11) is 0. The number of rotatable bonds is 7. The van der Waals surface area contributed by atoms with Crippen molar-refractivity contribution in [2.24, 2.45) is 11.8 Å². The Hall–Kier alpha value is -1.22. The van der Waals surface area contributed by atoms with E-state index < -0.39 is 0 Å². The van der Waals surface area contributed by atoms with Crippen LogP contribution in [0.3, 0.4) is 0 Å². The van der Waals surface area contributed by atoms with Gasteiger partial charge in [-0.25, -0.2) is 0 Å². The normalized spacial score (nSPS) is 11.2. The number of carbonyl (C=O) groups is 1. The van der Waals surface area contributed by atoms with Crippen molar-refractivity contribution in [3.63, 3.8) is 0 Å². The number of carbonyl (C=O) groups excluding carboxylic acids is 1. The van der Waals surface area contributed by atoms with E-state index in [1.165, 1.54) is 0 Å². The van der Waals surface area contributed by atoms with Crippen LogP contribution >= 0.6 is 11.6 Å². The first kappa shape index (κ1) is 17.8. The highest BCUT2D eigenvalue weighted by molar-refractivity contribution is 6.31. The molecule has 0 radical (unpaired) electrons. The molecule has 0 saturated heterocycles. The lowest BCUT2D eigenvalue weighted by molar-refractivity contribution is 0.0742. The number of nitrogens with two attached hydrogens (primary N) is 1. The summed E-state index contributed by atoms with van der Waals surface area (Å²) in [6.07, 6.45) is 1.99. The molecule has 0 unspecified atom stereocenters. The average Bonchev–Trinajstić information content (AvgIpc) is 2.37. The van der Waals surface area contributed by atoms with Gasteiger partial charge in [0, 0.05) is 23.8 Å². The number of hydrogen-bond donors (Lipinski definition) is 1. The summed E-state index contributed by atoms with van der Waals surface area (Å²) >= 11 is 5.90. The fraction of sp³-hybridized carbons (Fsp3) is 0.588. The van der Waals surface area contributed by atoms with Crippen LogP contribution in [0, 0.1) is 11.8 Å². The molecule has 1 aromatic rings. The maximum atomic E-state index is 12.7. The number of nitrogens with zero attached hydrogens (tertiary/aromatic N) is 1. The highest BCUT2D eigenvalue weighted by atomic mass is 35.5. The average molecular weight is 311 g/mol. The molecule has 0 aliphatic carbocycles. The zero-order valence-electron chi connectivity index (χ0n) is 13.5. The van der Waals surface area contributed by atoms with Crippen LogP contribution in [0.1, 0.15) is 50.9 Å². The van der Waals surface area contributed by atoms with E-state index in [0.29, 0.717) is 28.1 Å². The second-order valence-corrected chi connectivity index (χ2v) is 6.83. The van der Waals surface area contributed by atoms with E-state index in [1.807, 2.05) is 4.90 Å². The lowest BCUT2D eigenvalue weighted by Crippen LogP contribution is -2.34. The molecular formula is C17H27ClN2O. The molecule has 0 aliphatic rings. The summed E-state index contributed by atoms with van der Waals surface area (Å²) in [5, 5.41) is 0.556. The minimum atomic E-state index is 0.00506. The molecule has 0 aliphatic heterocycles. The molecule has 0 bridgehead atoms. The SMILES string of the molecule is CC(C)CCN(CCC(C)C)C(=O)c1ccc(Cl)cc1N. The Kier molecular flexibility index (Phi) is 7.03. The Balaban J connectivity index is 2.86. The maximum Gasteiger partial charge on any atom is 0.255 e. The molecule has 21 heavy (non-hydrogen) atoms. The third kappa shape index (κ3) is 5.96. The Morgan fingerprint density at radius 3 is 2.10 bits per heavy atom. The van der Waals surface area contributed by atoms with Crippen LogP contribution < -0.4 is 5.73 Å². The van der Waals surface area contributed by atoms with Gasteiger partial charge < -0.3 is 10.6 Å². The van der Waals surface area contributed by atoms with Gasteiger partial charge in [0.25, 0.3) is 5.91 Å². The number of hydrogen-bond acceptors (Lipinski definition) is 2. The summed E-state index contributed by atoms with van der Waals surface area (Å²) in [5.41, 5.74) is 6.94. The topological polar surface area (TPSA) is 46.3 Å². The molecule has 1 aromatic carbocycles. The second kappa shape index (κ2) is 8.28. The van der Waals surface area contributed by atoms with Crippen molar-refractivity contribution in [3.05, 3.63) is 28.8 Å². The van der Waals surface area contributed by atoms with Crippen LogP contribution in [0.5, 0.6) is 0 Å². The molecule has 1 amide bonds. The molecule has 0 spiro atoms. The molecule has 3 nitrogen and oxygen atoms in total. The van der Waals surface area contributed by atoms with E-state index in [-0.39, 0.29) is 5.91 Å². The van der Waals surface area contributed by atoms with Crippen LogP contribution in [0.4, 0.5) is 5.69 Å². The lowest BCUT2D eigenvalue weighted by atomic mass is 10.1. The largest absolute Gasteiger partial charge is 0.398 e. The van der Waals surface area contributed by atoms with Crippen molar-refractivity contribution in [3.8, 4) is 0 Å². The third-order valence-electron chi connectivity index (χ3n) is 3.48. The highest BCUT2D eigenvalue weighted by Crippen LogP contribution is 2.20. The summed E-state index contributed by atoms with van der Waals surface area (Å²) < 4.78 is 0. The molecule has 0 atom stereocenters. The highest BCUT2D eigenvalue weighted by Gasteiger charge is 2.18. The molecule has 1 rings (SSSR count). The fourth-order valence-electron chi connectivity index (χ4n) is 2.04. The van der Waals surface area contributed by atoms with Gasteiger partial charge in [-0.15, -0.1) is 0 Å². The van der Waals surface area contributed by atoms with Crippen LogP contribution in [0.2, 0.25) is 5.02 Å². The maximum absolute atomic E-state index is 12.7. The predicted octanol–water partition coefficient (Wildman–Crippen LogP) is 4.46. The Bertz CT molecular complexity index is 460. The third-order valence-corrected chi connectivity index (χ3v) is 3.72. The second-order valence-electron chi connectivity index (χ2n) is 6.39. The first-order valence-electron chi connectivity index (χ1n) is 7.65. The standard InChI is InChI=1S/C17H27ClN2O/c1-12(2)7-9-20(10-8-13(3)4)17(21)15-6-5-14(18)11-16(15)19/h5-6,11-13H,7-10,19H2,1-4H3. The quantitative estimate of drug-likeness (QED) is 0.756. The molecule has 0 heterocycles. The van der Waals surface area contributed by atoms with Gasteiger partial charge in [0.1, 0.15) is 0 Å². The zero-order valence-corrected chi connectivity index (χ0v) is 14.3. The van der Waals surface area contributed by atoms with E-state index in [9.17, 15) is 4.79 Å². The smallest absolute Gasteiger partial charge is 0.255 e. The number of amides is 1. The number of anilines is 1. The van der Waals surface area contributed by atoms with Crippen LogP contribution in [0.15, 0.2) is 18.2 Å². The number of halogens is 1. The minimum Gasteiger partial charge on any atom is -0.398 e. The van der Waals surface area contributed by atoms with E-state index in [4.69, 9.17) is 17.3 Å². The first-order chi connectivity index (χ1) is 9.81. The van der Waals surface area contributed by atoms with Crippen LogP contribution in [-0.2, 0) is 0 Å². The summed E-state index contributed by atoms with van der Waals surface area (Å²) in [6, 6.07) is 5.07. The zero-order chi connectivity index (χ0) is 16.0. The van der Waals surface area contributed by atoms with Crippen LogP contribution in [0.25, 0.3) is 0 Å². The van der Waals surface area contributed by atoms with E-state index in [1.54, 1.807) is 18.2 Å². The summed E-state index contributed by atoms with van der Waals surface area (Å²) in [4.78, 5) is 14.6. The van der Waals surface area contributed by atoms with E-state index >= 15 is 0 Å². The predicted molar refractivity (Wildman–Crippen MR) is 90.7 cm³/mol. The van der Waals surface area contributed by atoms with Gasteiger partial charge in [-0.2, -0.15) is 0 Å². The van der Waals surface area contributed by atoms with Crippen molar-refractivity contribution in [2.75, 3.05) is 18.8 Å². The van der Waals surface area contributed by atoms with Gasteiger partial charge in [-0.1, -0.05) is 39.3 Å². The lowest BCUT2D eigenvalue weighted by Gasteiger charge is -2.25. The molecule has 0 aromatic heterocycles. The Labute approximate surface area is 133 Å². The summed E-state index contributed by atoms with van der Waals surface area (Å²) in [5.74, 6) is 1.15. The molecule has 2 N–H and O–H groups in total. The molecule has 4 heteroatoms. The molecule has 0 saturated carbocycles. The number of benzene rings is 1. The van der Waals surface area contributed by atoms with E-state index in [0.717, 1.165) is 25.9 Å². The van der Waals surface area contributed by atoms with Gasteiger partial charge in [0.2, 0.25) is 0 Å². The minimum absolute atomic E-state index is 0.00506. The molecule has 118 valence electrons. The van der Waals surface area contributed by atoms with Gasteiger partial charge in [-0.05, 0) is 42.9 Å². The van der Waals surface area contributed by atoms with Crippen molar-refractivity contribution in [2.45, 2.75) is 40.5 Å². The number of nitrogen functional groups attached to an aromatic ring is 1. The van der Waals surface area contributed by atoms with Gasteiger partial charge in [0.15, 0.2) is 0 Å². The van der Waals surface area contributed by atoms with Gasteiger partial charge in [-0.3, -0.25) is 4.79 Å². The van der Waals surface area contributed by atoms with Crippen molar-refractivity contribution >= 4 is 23.2 Å². The monoisotopic (exact) mass is 310 g/mol. The Morgan fingerprint density at radius 1 is 1.14 bits per heavy atom. The fourth-order valence-corrected chi connectivity index (χ4v) is 2.22. The summed E-state index contributed by atoms with van der Waals surface area (Å²) in [6.45, 7) is 10.2. The van der Waals surface area contributed by atoms with Crippen molar-refractivity contribution in [1.29, 1.82) is 0 Å².